The summed E-state index contributed by atoms with van der Waals surface area (Å²) in [5.74, 6) is -1.97. The van der Waals surface area contributed by atoms with E-state index in [1.165, 1.54) is 17.7 Å². The van der Waals surface area contributed by atoms with Gasteiger partial charge in [-0.2, -0.15) is 0 Å². The van der Waals surface area contributed by atoms with Gasteiger partial charge in [0, 0.05) is 12.1 Å². The molecule has 3 aromatic carbocycles. The van der Waals surface area contributed by atoms with E-state index in [1.54, 1.807) is 12.1 Å². The van der Waals surface area contributed by atoms with Crippen LogP contribution in [0.5, 0.6) is 11.5 Å². The average molecular weight is 547 g/mol. The summed E-state index contributed by atoms with van der Waals surface area (Å²) in [6, 6.07) is 17.1. The number of hydrogen-bond acceptors (Lipinski definition) is 6. The number of nitrogens with one attached hydrogen (secondary N) is 1. The largest absolute Gasteiger partial charge is 0.486 e. The molecule has 1 saturated heterocycles. The van der Waals surface area contributed by atoms with Gasteiger partial charge in [-0.05, 0) is 59.3 Å². The second-order valence-electron chi connectivity index (χ2n) is 11.4. The van der Waals surface area contributed by atoms with Gasteiger partial charge in [-0.1, -0.05) is 69.3 Å². The zero-order valence-electron chi connectivity index (χ0n) is 23.1. The Labute approximate surface area is 233 Å². The number of hydrogen-bond donors (Lipinski definition) is 2. The quantitative estimate of drug-likeness (QED) is 0.316. The van der Waals surface area contributed by atoms with Gasteiger partial charge in [0.1, 0.15) is 19.3 Å². The Kier molecular flexibility index (Phi) is 7.92. The van der Waals surface area contributed by atoms with Crippen molar-refractivity contribution in [3.63, 3.8) is 0 Å². The first-order valence-corrected chi connectivity index (χ1v) is 13.7. The molecule has 2 aliphatic rings. The maximum absolute atomic E-state index is 14.7. The van der Waals surface area contributed by atoms with E-state index >= 15 is 0 Å². The van der Waals surface area contributed by atoms with Crippen molar-refractivity contribution in [1.29, 1.82) is 0 Å². The lowest BCUT2D eigenvalue weighted by atomic mass is 9.86. The highest BCUT2D eigenvalue weighted by atomic mass is 19.1. The van der Waals surface area contributed by atoms with Crippen molar-refractivity contribution < 1.29 is 28.6 Å². The summed E-state index contributed by atoms with van der Waals surface area (Å²) in [7, 11) is 0. The molecule has 210 valence electrons. The Hall–Kier alpha value is -3.75. The van der Waals surface area contributed by atoms with Crippen molar-refractivity contribution in [2.24, 2.45) is 0 Å². The van der Waals surface area contributed by atoms with Crippen LogP contribution in [0.1, 0.15) is 54.8 Å². The summed E-state index contributed by atoms with van der Waals surface area (Å²) in [6.45, 7) is 8.96. The van der Waals surface area contributed by atoms with Gasteiger partial charge in [0.2, 0.25) is 5.78 Å². The third kappa shape index (κ3) is 6.03. The van der Waals surface area contributed by atoms with E-state index in [-0.39, 0.29) is 41.3 Å². The van der Waals surface area contributed by atoms with Gasteiger partial charge >= 0.3 is 0 Å². The second-order valence-corrected chi connectivity index (χ2v) is 11.4. The molecule has 3 aromatic rings. The first-order chi connectivity index (χ1) is 19.1. The standard InChI is InChI=1S/C32H35FN2O5/c1-32(2,3)24-11-9-21(10-12-24)20-5-7-22(8-6-20)29(37)31(38)34-26(19-35-13-4-14-35)28(36)23-17-25(33)30-27(18-23)39-15-16-40-30/h5-12,17-18,26,28,36H,4,13-16,19H2,1-3H3,(H,34,38)/t26-,28-/m1/s1. The van der Waals surface area contributed by atoms with E-state index in [0.717, 1.165) is 30.6 Å². The van der Waals surface area contributed by atoms with E-state index in [0.29, 0.717) is 6.54 Å². The second kappa shape index (κ2) is 11.4. The predicted molar refractivity (Wildman–Crippen MR) is 150 cm³/mol. The maximum atomic E-state index is 14.7. The zero-order chi connectivity index (χ0) is 28.4. The van der Waals surface area contributed by atoms with Crippen molar-refractivity contribution in [1.82, 2.24) is 10.2 Å². The molecule has 0 saturated carbocycles. The Morgan fingerprint density at radius 1 is 0.975 bits per heavy atom. The summed E-state index contributed by atoms with van der Waals surface area (Å²) in [5.41, 5.74) is 3.72. The topological polar surface area (TPSA) is 88.1 Å². The van der Waals surface area contributed by atoms with E-state index in [9.17, 15) is 19.1 Å². The van der Waals surface area contributed by atoms with Crippen LogP contribution in [-0.2, 0) is 10.2 Å². The van der Waals surface area contributed by atoms with Crippen LogP contribution in [0.3, 0.4) is 0 Å². The number of aliphatic hydroxyl groups is 1. The smallest absolute Gasteiger partial charge is 0.292 e. The number of ketones is 1. The molecule has 0 unspecified atom stereocenters. The van der Waals surface area contributed by atoms with Crippen molar-refractivity contribution in [3.05, 3.63) is 83.2 Å². The number of amides is 1. The minimum Gasteiger partial charge on any atom is -0.486 e. The highest BCUT2D eigenvalue weighted by Gasteiger charge is 2.31. The molecule has 2 heterocycles. The first kappa shape index (κ1) is 27.8. The highest BCUT2D eigenvalue weighted by molar-refractivity contribution is 6.42. The van der Waals surface area contributed by atoms with Gasteiger partial charge in [-0.15, -0.1) is 0 Å². The van der Waals surface area contributed by atoms with Gasteiger partial charge in [0.15, 0.2) is 17.3 Å². The Balaban J connectivity index is 1.30. The Morgan fingerprint density at radius 3 is 2.20 bits per heavy atom. The molecule has 1 amide bonds. The number of Topliss-reactive ketones (excluding diaryl/α,β-unsaturated/α-hetero) is 1. The molecule has 5 rings (SSSR count). The lowest BCUT2D eigenvalue weighted by Gasteiger charge is -2.36. The molecule has 0 aliphatic carbocycles. The van der Waals surface area contributed by atoms with E-state index in [4.69, 9.17) is 9.47 Å². The number of nitrogens with zero attached hydrogens (tertiary/aromatic N) is 1. The van der Waals surface area contributed by atoms with Crippen LogP contribution in [0.4, 0.5) is 4.39 Å². The number of halogens is 1. The molecular weight excluding hydrogens is 511 g/mol. The molecule has 40 heavy (non-hydrogen) atoms. The number of likely N-dealkylation sites (tertiary alicyclic amines) is 1. The molecule has 0 spiro atoms. The van der Waals surface area contributed by atoms with Gasteiger partial charge in [-0.25, -0.2) is 4.39 Å². The number of benzene rings is 3. The van der Waals surface area contributed by atoms with E-state index in [2.05, 4.69) is 43.1 Å². The molecular formula is C32H35FN2O5. The van der Waals surface area contributed by atoms with Gasteiger partial charge in [0.25, 0.3) is 5.91 Å². The highest BCUT2D eigenvalue weighted by Crippen LogP contribution is 2.36. The summed E-state index contributed by atoms with van der Waals surface area (Å²) in [5, 5.41) is 13.9. The number of fused-ring (bicyclic) bond motifs is 1. The number of aliphatic hydroxyl groups excluding tert-OH is 1. The molecule has 7 nitrogen and oxygen atoms in total. The predicted octanol–water partition coefficient (Wildman–Crippen LogP) is 4.67. The average Bonchev–Trinajstić information content (AvgIpc) is 2.93. The number of carbonyl (C=O) groups is 2. The van der Waals surface area contributed by atoms with Crippen LogP contribution in [0, 0.1) is 5.82 Å². The van der Waals surface area contributed by atoms with Crippen molar-refractivity contribution in [2.75, 3.05) is 32.8 Å². The van der Waals surface area contributed by atoms with Crippen LogP contribution in [0.15, 0.2) is 60.7 Å². The minimum atomic E-state index is -1.26. The monoisotopic (exact) mass is 546 g/mol. The molecule has 1 fully saturated rings. The van der Waals surface area contributed by atoms with Crippen LogP contribution in [-0.4, -0.2) is 60.6 Å². The fourth-order valence-corrected chi connectivity index (χ4v) is 4.94. The molecule has 2 N–H and O–H groups in total. The number of ether oxygens (including phenoxy) is 2. The van der Waals surface area contributed by atoms with Crippen molar-refractivity contribution in [2.45, 2.75) is 44.8 Å². The lowest BCUT2D eigenvalue weighted by Crippen LogP contribution is -2.52. The van der Waals surface area contributed by atoms with Crippen molar-refractivity contribution in [3.8, 4) is 22.6 Å². The fraction of sp³-hybridized carbons (Fsp3) is 0.375. The summed E-state index contributed by atoms with van der Waals surface area (Å²) >= 11 is 0. The van der Waals surface area contributed by atoms with E-state index < -0.39 is 29.7 Å². The van der Waals surface area contributed by atoms with Gasteiger partial charge in [0.05, 0.1) is 6.04 Å². The first-order valence-electron chi connectivity index (χ1n) is 13.7. The third-order valence-corrected chi connectivity index (χ3v) is 7.50. The van der Waals surface area contributed by atoms with Gasteiger partial charge < -0.3 is 24.8 Å². The fourth-order valence-electron chi connectivity index (χ4n) is 4.94. The Bertz CT molecular complexity index is 1380. The maximum Gasteiger partial charge on any atom is 0.292 e. The SMILES string of the molecule is CC(C)(C)c1ccc(-c2ccc(C(=O)C(=O)N[C@H](CN3CCC3)[C@H](O)c3cc(F)c4c(c3)OCCO4)cc2)cc1. The summed E-state index contributed by atoms with van der Waals surface area (Å²) in [6.07, 6.45) is -0.249. The third-order valence-electron chi connectivity index (χ3n) is 7.50. The number of carbonyl (C=O) groups excluding carboxylic acids is 2. The van der Waals surface area contributed by atoms with Crippen LogP contribution < -0.4 is 14.8 Å². The molecule has 2 aliphatic heterocycles. The molecule has 0 radical (unpaired) electrons. The molecule has 0 bridgehead atoms. The molecule has 8 heteroatoms. The van der Waals surface area contributed by atoms with Crippen molar-refractivity contribution >= 4 is 11.7 Å². The van der Waals surface area contributed by atoms with Crippen LogP contribution in [0.2, 0.25) is 0 Å². The van der Waals surface area contributed by atoms with Gasteiger partial charge in [-0.3, -0.25) is 9.59 Å². The minimum absolute atomic E-state index is 0.00861. The Morgan fingerprint density at radius 2 is 1.60 bits per heavy atom. The lowest BCUT2D eigenvalue weighted by molar-refractivity contribution is -0.118. The molecule has 2 atom stereocenters. The summed E-state index contributed by atoms with van der Waals surface area (Å²) < 4.78 is 25.5. The molecule has 0 aromatic heterocycles. The zero-order valence-corrected chi connectivity index (χ0v) is 23.1. The normalized spacial score (nSPS) is 16.5. The van der Waals surface area contributed by atoms with E-state index in [1.807, 2.05) is 24.3 Å². The van der Waals surface area contributed by atoms with Crippen LogP contribution in [0.25, 0.3) is 11.1 Å². The number of rotatable bonds is 8. The van der Waals surface area contributed by atoms with Crippen LogP contribution >= 0.6 is 0 Å². The summed E-state index contributed by atoms with van der Waals surface area (Å²) in [4.78, 5) is 28.2.